The van der Waals surface area contributed by atoms with Crippen LogP contribution >= 0.6 is 0 Å². The van der Waals surface area contributed by atoms with Crippen LogP contribution in [0.4, 0.5) is 13.2 Å². The smallest absolute Gasteiger partial charge is 0.370 e. The molecule has 33 heavy (non-hydrogen) atoms. The van der Waals surface area contributed by atoms with Crippen molar-refractivity contribution in [3.63, 3.8) is 0 Å². The van der Waals surface area contributed by atoms with Crippen molar-refractivity contribution in [3.8, 4) is 0 Å². The van der Waals surface area contributed by atoms with E-state index in [0.29, 0.717) is 12.0 Å². The monoisotopic (exact) mass is 465 g/mol. The molecule has 2 aliphatic carbocycles. The van der Waals surface area contributed by atoms with E-state index in [9.17, 15) is 22.8 Å². The van der Waals surface area contributed by atoms with E-state index in [1.54, 1.807) is 0 Å². The summed E-state index contributed by atoms with van der Waals surface area (Å²) in [6.07, 6.45) is 3.10. The number of alkyl halides is 3. The van der Waals surface area contributed by atoms with Crippen LogP contribution in [-0.4, -0.2) is 59.5 Å². The molecule has 0 spiro atoms. The van der Waals surface area contributed by atoms with Gasteiger partial charge >= 0.3 is 6.18 Å². The molecule has 0 bridgehead atoms. The van der Waals surface area contributed by atoms with Crippen molar-refractivity contribution in [3.05, 3.63) is 35.4 Å². The lowest BCUT2D eigenvalue weighted by molar-refractivity contribution is -0.146. The lowest BCUT2D eigenvalue weighted by Gasteiger charge is -2.47. The molecule has 2 N–H and O–H groups in total. The SMILES string of the molecule is C[C@H](c1ccc(C(=O)N(C2CC2)C2CCN(CC3(CC(N)=O)CCC3)CC2)cc1)C(F)(F)F. The van der Waals surface area contributed by atoms with Crippen LogP contribution in [0.1, 0.15) is 80.1 Å². The minimum atomic E-state index is -4.30. The molecule has 2 saturated carbocycles. The number of carbonyl (C=O) groups excluding carboxylic acids is 2. The topological polar surface area (TPSA) is 66.6 Å². The zero-order chi connectivity index (χ0) is 23.8. The predicted molar refractivity (Wildman–Crippen MR) is 120 cm³/mol. The van der Waals surface area contributed by atoms with Crippen molar-refractivity contribution >= 4 is 11.8 Å². The van der Waals surface area contributed by atoms with Crippen LogP contribution in [-0.2, 0) is 4.79 Å². The molecule has 1 aliphatic heterocycles. The van der Waals surface area contributed by atoms with Gasteiger partial charge in [0.25, 0.3) is 5.91 Å². The number of primary amides is 1. The highest BCUT2D eigenvalue weighted by molar-refractivity contribution is 5.95. The summed E-state index contributed by atoms with van der Waals surface area (Å²) in [5.74, 6) is -1.86. The Morgan fingerprint density at radius 3 is 2.12 bits per heavy atom. The van der Waals surface area contributed by atoms with Crippen LogP contribution in [0.5, 0.6) is 0 Å². The number of amides is 2. The van der Waals surface area contributed by atoms with E-state index in [0.717, 1.165) is 71.5 Å². The number of halogens is 3. The van der Waals surface area contributed by atoms with Crippen molar-refractivity contribution in [1.29, 1.82) is 0 Å². The normalized spacial score (nSPS) is 22.4. The third kappa shape index (κ3) is 5.53. The van der Waals surface area contributed by atoms with E-state index in [4.69, 9.17) is 5.73 Å². The molecule has 3 fully saturated rings. The molecule has 0 radical (unpaired) electrons. The summed E-state index contributed by atoms with van der Waals surface area (Å²) in [4.78, 5) is 29.2. The van der Waals surface area contributed by atoms with Crippen molar-refractivity contribution in [2.24, 2.45) is 11.1 Å². The molecule has 0 aromatic heterocycles. The first kappa shape index (κ1) is 24.0. The Morgan fingerprint density at radius 2 is 1.67 bits per heavy atom. The summed E-state index contributed by atoms with van der Waals surface area (Å²) in [5.41, 5.74) is 6.13. The van der Waals surface area contributed by atoms with Gasteiger partial charge in [0.1, 0.15) is 0 Å². The highest BCUT2D eigenvalue weighted by Gasteiger charge is 2.43. The molecule has 1 aromatic rings. The van der Waals surface area contributed by atoms with Gasteiger partial charge in [0.05, 0.1) is 5.92 Å². The van der Waals surface area contributed by atoms with Gasteiger partial charge in [-0.15, -0.1) is 0 Å². The Balaban J connectivity index is 1.37. The van der Waals surface area contributed by atoms with E-state index in [1.165, 1.54) is 24.3 Å². The number of likely N-dealkylation sites (tertiary alicyclic amines) is 1. The van der Waals surface area contributed by atoms with Crippen molar-refractivity contribution in [1.82, 2.24) is 9.80 Å². The number of hydrogen-bond donors (Lipinski definition) is 1. The third-order valence-electron chi connectivity index (χ3n) is 7.80. The summed E-state index contributed by atoms with van der Waals surface area (Å²) >= 11 is 0. The lowest BCUT2D eigenvalue weighted by Crippen LogP contribution is -2.51. The Morgan fingerprint density at radius 1 is 1.09 bits per heavy atom. The first-order valence-corrected chi connectivity index (χ1v) is 12.1. The largest absolute Gasteiger partial charge is 0.395 e. The number of rotatable bonds is 8. The number of hydrogen-bond acceptors (Lipinski definition) is 3. The van der Waals surface area contributed by atoms with Gasteiger partial charge in [0.2, 0.25) is 5.91 Å². The summed E-state index contributed by atoms with van der Waals surface area (Å²) in [6.45, 7) is 3.78. The van der Waals surface area contributed by atoms with Gasteiger partial charge in [-0.1, -0.05) is 18.6 Å². The van der Waals surface area contributed by atoms with Gasteiger partial charge in [-0.05, 0) is 68.6 Å². The maximum Gasteiger partial charge on any atom is 0.395 e. The van der Waals surface area contributed by atoms with Crippen LogP contribution < -0.4 is 5.73 Å². The van der Waals surface area contributed by atoms with Gasteiger partial charge in [-0.3, -0.25) is 9.59 Å². The molecular formula is C25H34F3N3O2. The van der Waals surface area contributed by atoms with Gasteiger partial charge < -0.3 is 15.5 Å². The quantitative estimate of drug-likeness (QED) is 0.616. The van der Waals surface area contributed by atoms with E-state index in [1.807, 2.05) is 4.90 Å². The number of benzene rings is 1. The number of piperidine rings is 1. The highest BCUT2D eigenvalue weighted by atomic mass is 19.4. The Hall–Kier alpha value is -2.09. The number of carbonyl (C=O) groups is 2. The standard InChI is InChI=1S/C25H34F3N3O2/c1-17(25(26,27)28)18-3-5-19(6-4-18)23(33)31(20-7-8-20)21-9-13-30(14-10-21)16-24(11-2-12-24)15-22(29)32/h3-6,17,20-21H,2,7-16H2,1H3,(H2,29,32)/t17-/m1/s1. The molecular weight excluding hydrogens is 431 g/mol. The number of nitrogens with two attached hydrogens (primary N) is 1. The second kappa shape index (κ2) is 9.28. The van der Waals surface area contributed by atoms with Gasteiger partial charge in [-0.2, -0.15) is 13.2 Å². The summed E-state index contributed by atoms with van der Waals surface area (Å²) in [6, 6.07) is 6.30. The van der Waals surface area contributed by atoms with E-state index in [-0.39, 0.29) is 34.9 Å². The lowest BCUT2D eigenvalue weighted by atomic mass is 9.66. The van der Waals surface area contributed by atoms with Crippen LogP contribution in [0.15, 0.2) is 24.3 Å². The fourth-order valence-corrected chi connectivity index (χ4v) is 5.50. The maximum atomic E-state index is 13.3. The second-order valence-corrected chi connectivity index (χ2v) is 10.3. The molecule has 1 saturated heterocycles. The molecule has 1 heterocycles. The third-order valence-corrected chi connectivity index (χ3v) is 7.80. The van der Waals surface area contributed by atoms with E-state index < -0.39 is 12.1 Å². The Kier molecular flexibility index (Phi) is 6.76. The summed E-state index contributed by atoms with van der Waals surface area (Å²) < 4.78 is 39.0. The second-order valence-electron chi connectivity index (χ2n) is 10.3. The zero-order valence-corrected chi connectivity index (χ0v) is 19.2. The van der Waals surface area contributed by atoms with Crippen LogP contribution in [0.3, 0.4) is 0 Å². The minimum absolute atomic E-state index is 0.0277. The molecule has 3 aliphatic rings. The first-order chi connectivity index (χ1) is 15.6. The van der Waals surface area contributed by atoms with Crippen molar-refractivity contribution in [2.75, 3.05) is 19.6 Å². The Labute approximate surface area is 193 Å². The molecule has 5 nitrogen and oxygen atoms in total. The molecule has 1 atom stereocenters. The van der Waals surface area contributed by atoms with Gasteiger partial charge in [0, 0.05) is 43.7 Å². The zero-order valence-electron chi connectivity index (χ0n) is 19.2. The van der Waals surface area contributed by atoms with Crippen molar-refractivity contribution in [2.45, 2.75) is 82.5 Å². The molecule has 4 rings (SSSR count). The minimum Gasteiger partial charge on any atom is -0.370 e. The number of nitrogens with zero attached hydrogens (tertiary/aromatic N) is 2. The van der Waals surface area contributed by atoms with Crippen LogP contribution in [0.2, 0.25) is 0 Å². The fourth-order valence-electron chi connectivity index (χ4n) is 5.50. The molecule has 182 valence electrons. The molecule has 2 amide bonds. The van der Waals surface area contributed by atoms with Gasteiger partial charge in [0.15, 0.2) is 0 Å². The maximum absolute atomic E-state index is 13.3. The first-order valence-electron chi connectivity index (χ1n) is 12.1. The molecule has 1 aromatic carbocycles. The highest BCUT2D eigenvalue weighted by Crippen LogP contribution is 2.45. The van der Waals surface area contributed by atoms with Gasteiger partial charge in [-0.25, -0.2) is 0 Å². The van der Waals surface area contributed by atoms with E-state index in [2.05, 4.69) is 4.90 Å². The van der Waals surface area contributed by atoms with Crippen LogP contribution in [0.25, 0.3) is 0 Å². The summed E-state index contributed by atoms with van der Waals surface area (Å²) in [5, 5.41) is 0. The van der Waals surface area contributed by atoms with Crippen LogP contribution in [0, 0.1) is 5.41 Å². The predicted octanol–water partition coefficient (Wildman–Crippen LogP) is 4.47. The molecule has 0 unspecified atom stereocenters. The fraction of sp³-hybridized carbons (Fsp3) is 0.680. The van der Waals surface area contributed by atoms with Crippen molar-refractivity contribution < 1.29 is 22.8 Å². The van der Waals surface area contributed by atoms with E-state index >= 15 is 0 Å². The average Bonchev–Trinajstić information content (AvgIpc) is 3.57. The Bertz CT molecular complexity index is 855. The molecule has 8 heteroatoms. The average molecular weight is 466 g/mol. The summed E-state index contributed by atoms with van der Waals surface area (Å²) in [7, 11) is 0.